The Morgan fingerprint density at radius 3 is 2.26 bits per heavy atom. The minimum Gasteiger partial charge on any atom is -0.485 e. The molecule has 0 saturated heterocycles. The Balaban J connectivity index is 2.27. The largest absolute Gasteiger partial charge is 0.485 e. The zero-order valence-corrected chi connectivity index (χ0v) is 18.6. The number of alkyl halides is 3. The molecule has 0 saturated carbocycles. The lowest BCUT2D eigenvalue weighted by atomic mass is 10.1. The van der Waals surface area contributed by atoms with Crippen LogP contribution in [0.3, 0.4) is 0 Å². The molecular formula is C22H27ClF3NO4. The van der Waals surface area contributed by atoms with Gasteiger partial charge in [-0.2, -0.15) is 13.2 Å². The number of pyridine rings is 1. The fourth-order valence-electron chi connectivity index (χ4n) is 2.75. The summed E-state index contributed by atoms with van der Waals surface area (Å²) in [6.45, 7) is 7.61. The van der Waals surface area contributed by atoms with Crippen molar-refractivity contribution in [2.75, 3.05) is 26.4 Å². The molecule has 0 spiro atoms. The first-order valence-corrected chi connectivity index (χ1v) is 10.5. The second-order valence-electron chi connectivity index (χ2n) is 6.69. The second-order valence-corrected chi connectivity index (χ2v) is 7.10. The van der Waals surface area contributed by atoms with E-state index in [-0.39, 0.29) is 17.0 Å². The van der Waals surface area contributed by atoms with Crippen LogP contribution in [-0.4, -0.2) is 37.5 Å². The highest BCUT2D eigenvalue weighted by Gasteiger charge is 2.32. The van der Waals surface area contributed by atoms with Gasteiger partial charge in [0.25, 0.3) is 0 Å². The summed E-state index contributed by atoms with van der Waals surface area (Å²) >= 11 is 6.00. The number of halogens is 4. The molecule has 0 bridgehead atoms. The Bertz CT molecular complexity index is 825. The average Bonchev–Trinajstić information content (AvgIpc) is 2.72. The van der Waals surface area contributed by atoms with Gasteiger partial charge in [0.05, 0.1) is 18.8 Å². The molecule has 172 valence electrons. The predicted molar refractivity (Wildman–Crippen MR) is 112 cm³/mol. The van der Waals surface area contributed by atoms with E-state index in [9.17, 15) is 13.2 Å². The highest BCUT2D eigenvalue weighted by atomic mass is 35.5. The van der Waals surface area contributed by atoms with Gasteiger partial charge in [-0.15, -0.1) is 0 Å². The first-order chi connectivity index (χ1) is 14.8. The summed E-state index contributed by atoms with van der Waals surface area (Å²) in [6, 6.07) is 6.13. The Morgan fingerprint density at radius 2 is 1.71 bits per heavy atom. The molecule has 2 aromatic rings. The van der Waals surface area contributed by atoms with Crippen LogP contribution in [0, 0.1) is 0 Å². The molecule has 0 amide bonds. The maximum atomic E-state index is 12.9. The summed E-state index contributed by atoms with van der Waals surface area (Å²) < 4.78 is 61.3. The van der Waals surface area contributed by atoms with Crippen LogP contribution in [0.5, 0.6) is 17.4 Å². The van der Waals surface area contributed by atoms with Crippen molar-refractivity contribution >= 4 is 11.6 Å². The molecule has 1 aromatic heterocycles. The monoisotopic (exact) mass is 461 g/mol. The van der Waals surface area contributed by atoms with Gasteiger partial charge in [0.15, 0.2) is 0 Å². The summed E-state index contributed by atoms with van der Waals surface area (Å²) in [5.74, 6) is 0.826. The molecule has 0 atom stereocenters. The molecule has 0 unspecified atom stereocenters. The van der Waals surface area contributed by atoms with Crippen molar-refractivity contribution in [1.82, 2.24) is 4.98 Å². The van der Waals surface area contributed by atoms with Gasteiger partial charge in [0.2, 0.25) is 5.88 Å². The number of nitrogens with zero attached hydrogens (tertiary/aromatic N) is 1. The van der Waals surface area contributed by atoms with Crippen LogP contribution < -0.4 is 9.47 Å². The lowest BCUT2D eigenvalue weighted by molar-refractivity contribution is -0.137. The Kier molecular flexibility index (Phi) is 9.87. The van der Waals surface area contributed by atoms with E-state index in [4.69, 9.17) is 30.5 Å². The van der Waals surface area contributed by atoms with Crippen LogP contribution in [0.4, 0.5) is 13.2 Å². The molecule has 0 aliphatic rings. The van der Waals surface area contributed by atoms with Crippen LogP contribution in [0.15, 0.2) is 30.5 Å². The van der Waals surface area contributed by atoms with E-state index in [1.165, 1.54) is 0 Å². The zero-order valence-electron chi connectivity index (χ0n) is 17.8. The topological polar surface area (TPSA) is 49.8 Å². The SMILES string of the molecule is CCCc1ccc(OC(COCC)COCC)cc1Oc1ncc(C(F)(F)F)cc1Cl. The maximum Gasteiger partial charge on any atom is 0.417 e. The van der Waals surface area contributed by atoms with Gasteiger partial charge in [-0.25, -0.2) is 4.98 Å². The molecule has 1 heterocycles. The van der Waals surface area contributed by atoms with Crippen LogP contribution in [0.1, 0.15) is 38.3 Å². The standard InChI is InChI=1S/C22H27ClF3NO4/c1-4-7-15-8-9-17(30-18(13-28-5-2)14-29-6-3)11-20(15)31-21-19(23)10-16(12-27-21)22(24,25)26/h8-12,18H,4-7,13-14H2,1-3H3. The normalized spacial score (nSPS) is 11.7. The highest BCUT2D eigenvalue weighted by Crippen LogP contribution is 2.36. The molecule has 0 aliphatic heterocycles. The van der Waals surface area contributed by atoms with Crippen molar-refractivity contribution in [1.29, 1.82) is 0 Å². The first kappa shape index (κ1) is 25.2. The second kappa shape index (κ2) is 12.1. The van der Waals surface area contributed by atoms with Gasteiger partial charge in [-0.1, -0.05) is 31.0 Å². The maximum absolute atomic E-state index is 12.9. The van der Waals surface area contributed by atoms with Gasteiger partial charge in [0, 0.05) is 25.5 Å². The average molecular weight is 462 g/mol. The van der Waals surface area contributed by atoms with Crippen molar-refractivity contribution in [3.05, 3.63) is 46.6 Å². The van der Waals surface area contributed by atoms with E-state index in [0.29, 0.717) is 50.5 Å². The Morgan fingerprint density at radius 1 is 1.03 bits per heavy atom. The van der Waals surface area contributed by atoms with Crippen molar-refractivity contribution in [3.63, 3.8) is 0 Å². The fourth-order valence-corrected chi connectivity index (χ4v) is 2.95. The third-order valence-corrected chi connectivity index (χ3v) is 4.49. The molecule has 0 fully saturated rings. The third-order valence-electron chi connectivity index (χ3n) is 4.22. The van der Waals surface area contributed by atoms with Crippen molar-refractivity contribution in [3.8, 4) is 17.4 Å². The summed E-state index contributed by atoms with van der Waals surface area (Å²) in [5, 5.41) is -0.228. The molecular weight excluding hydrogens is 435 g/mol. The zero-order chi connectivity index (χ0) is 22.9. The molecule has 1 aromatic carbocycles. The van der Waals surface area contributed by atoms with Crippen LogP contribution in [0.25, 0.3) is 0 Å². The predicted octanol–water partition coefficient (Wildman–Crippen LogP) is 6.32. The molecule has 0 N–H and O–H groups in total. The lowest BCUT2D eigenvalue weighted by Crippen LogP contribution is -2.28. The van der Waals surface area contributed by atoms with Gasteiger partial charge in [0.1, 0.15) is 22.6 Å². The number of rotatable bonds is 12. The van der Waals surface area contributed by atoms with Gasteiger partial charge < -0.3 is 18.9 Å². The van der Waals surface area contributed by atoms with Gasteiger partial charge in [-0.05, 0) is 38.0 Å². The lowest BCUT2D eigenvalue weighted by Gasteiger charge is -2.20. The molecule has 0 radical (unpaired) electrons. The number of aryl methyl sites for hydroxylation is 1. The molecule has 31 heavy (non-hydrogen) atoms. The van der Waals surface area contributed by atoms with Crippen molar-refractivity contribution in [2.24, 2.45) is 0 Å². The minimum absolute atomic E-state index is 0.107. The molecule has 5 nitrogen and oxygen atoms in total. The van der Waals surface area contributed by atoms with Gasteiger partial charge >= 0.3 is 6.18 Å². The van der Waals surface area contributed by atoms with Gasteiger partial charge in [-0.3, -0.25) is 0 Å². The van der Waals surface area contributed by atoms with E-state index in [1.54, 1.807) is 6.07 Å². The number of aromatic nitrogens is 1. The number of ether oxygens (including phenoxy) is 4. The summed E-state index contributed by atoms with van der Waals surface area (Å²) in [4.78, 5) is 3.76. The third kappa shape index (κ3) is 7.87. The quantitative estimate of drug-likeness (QED) is 0.370. The molecule has 9 heteroatoms. The highest BCUT2D eigenvalue weighted by molar-refractivity contribution is 6.31. The van der Waals surface area contributed by atoms with Crippen molar-refractivity contribution in [2.45, 2.75) is 45.9 Å². The van der Waals surface area contributed by atoms with Crippen LogP contribution in [-0.2, 0) is 22.1 Å². The fraction of sp³-hybridized carbons (Fsp3) is 0.500. The number of hydrogen-bond donors (Lipinski definition) is 0. The van der Waals surface area contributed by atoms with Crippen LogP contribution >= 0.6 is 11.6 Å². The van der Waals surface area contributed by atoms with E-state index in [0.717, 1.165) is 18.1 Å². The van der Waals surface area contributed by atoms with E-state index in [2.05, 4.69) is 4.98 Å². The first-order valence-electron chi connectivity index (χ1n) is 10.1. The van der Waals surface area contributed by atoms with E-state index < -0.39 is 11.7 Å². The summed E-state index contributed by atoms with van der Waals surface area (Å²) in [7, 11) is 0. The van der Waals surface area contributed by atoms with E-state index in [1.807, 2.05) is 32.9 Å². The van der Waals surface area contributed by atoms with Crippen LogP contribution in [0.2, 0.25) is 5.02 Å². The Labute approximate surface area is 185 Å². The number of hydrogen-bond acceptors (Lipinski definition) is 5. The number of benzene rings is 1. The molecule has 0 aliphatic carbocycles. The minimum atomic E-state index is -4.54. The summed E-state index contributed by atoms with van der Waals surface area (Å²) in [5.41, 5.74) is -0.0795. The molecule has 2 rings (SSSR count). The Hall–Kier alpha value is -2.03. The van der Waals surface area contributed by atoms with E-state index >= 15 is 0 Å². The van der Waals surface area contributed by atoms with Crippen molar-refractivity contribution < 1.29 is 32.1 Å². The summed E-state index contributed by atoms with van der Waals surface area (Å²) in [6.07, 6.45) is -2.61. The smallest absolute Gasteiger partial charge is 0.417 e.